The van der Waals surface area contributed by atoms with Crippen molar-refractivity contribution in [1.82, 2.24) is 4.57 Å². The molecule has 0 saturated carbocycles. The minimum atomic E-state index is -0.514. The Bertz CT molecular complexity index is 1490. The van der Waals surface area contributed by atoms with Gasteiger partial charge in [-0.1, -0.05) is 59.6 Å². The molecular formula is C26H17Cl2FN2O. The Morgan fingerprint density at radius 2 is 1.59 bits per heavy atom. The van der Waals surface area contributed by atoms with Crippen LogP contribution in [0.2, 0.25) is 10.0 Å². The number of carbonyl (C=O) groups excluding carboxylic acids is 1. The van der Waals surface area contributed by atoms with Crippen LogP contribution in [0.1, 0.15) is 15.9 Å². The maximum atomic E-state index is 14.6. The van der Waals surface area contributed by atoms with Gasteiger partial charge in [-0.15, -0.1) is 0 Å². The molecule has 0 aliphatic rings. The van der Waals surface area contributed by atoms with E-state index in [4.69, 9.17) is 28.9 Å². The lowest BCUT2D eigenvalue weighted by Gasteiger charge is -2.11. The van der Waals surface area contributed by atoms with Crippen molar-refractivity contribution < 1.29 is 9.18 Å². The van der Waals surface area contributed by atoms with Crippen molar-refractivity contribution in [2.75, 3.05) is 0 Å². The molecule has 2 N–H and O–H groups in total. The molecule has 32 heavy (non-hydrogen) atoms. The Hall–Kier alpha value is -3.34. The second-order valence-corrected chi connectivity index (χ2v) is 8.43. The van der Waals surface area contributed by atoms with Gasteiger partial charge in [0.05, 0.1) is 17.6 Å². The van der Waals surface area contributed by atoms with Gasteiger partial charge >= 0.3 is 0 Å². The third-order valence-corrected chi connectivity index (χ3v) is 6.32. The van der Waals surface area contributed by atoms with Gasteiger partial charge in [-0.3, -0.25) is 4.79 Å². The number of nitrogens with two attached hydrogens (primary N) is 1. The number of fused-ring (bicyclic) bond motifs is 3. The second kappa shape index (κ2) is 7.97. The van der Waals surface area contributed by atoms with Crippen molar-refractivity contribution in [2.45, 2.75) is 6.54 Å². The molecule has 4 aromatic carbocycles. The van der Waals surface area contributed by atoms with Gasteiger partial charge in [-0.05, 0) is 53.6 Å². The first kappa shape index (κ1) is 20.6. The average molecular weight is 463 g/mol. The zero-order valence-electron chi connectivity index (χ0n) is 16.8. The molecule has 0 fully saturated rings. The smallest absolute Gasteiger partial charge is 0.249 e. The summed E-state index contributed by atoms with van der Waals surface area (Å²) in [6, 6.07) is 23.6. The first-order chi connectivity index (χ1) is 15.4. The molecule has 3 nitrogen and oxygen atoms in total. The first-order valence-corrected chi connectivity index (χ1v) is 10.7. The van der Waals surface area contributed by atoms with Crippen LogP contribution in [0.25, 0.3) is 32.9 Å². The molecule has 0 aliphatic carbocycles. The van der Waals surface area contributed by atoms with Crippen LogP contribution >= 0.6 is 23.2 Å². The standard InChI is InChI=1S/C26H17Cl2FN2O/c27-17-10-7-15(8-11-17)16-9-12-18-24(13-16)31(14-20-21(28)4-2-5-22(20)29)23-6-1-3-19(25(18)23)26(30)32/h1-13H,14H2,(H2,30,32). The van der Waals surface area contributed by atoms with Crippen molar-refractivity contribution in [3.63, 3.8) is 0 Å². The van der Waals surface area contributed by atoms with Gasteiger partial charge in [0.2, 0.25) is 5.91 Å². The van der Waals surface area contributed by atoms with E-state index in [1.165, 1.54) is 6.07 Å². The van der Waals surface area contributed by atoms with Crippen molar-refractivity contribution in [1.29, 1.82) is 0 Å². The SMILES string of the molecule is NC(=O)c1cccc2c1c1ccc(-c3ccc(Cl)cc3)cc1n2Cc1c(F)cccc1Cl. The molecule has 0 spiro atoms. The Labute approximate surface area is 193 Å². The van der Waals surface area contributed by atoms with Crippen LogP contribution < -0.4 is 5.73 Å². The number of benzene rings is 4. The molecule has 0 bridgehead atoms. The zero-order chi connectivity index (χ0) is 22.4. The highest BCUT2D eigenvalue weighted by atomic mass is 35.5. The fourth-order valence-corrected chi connectivity index (χ4v) is 4.53. The molecule has 6 heteroatoms. The summed E-state index contributed by atoms with van der Waals surface area (Å²) in [7, 11) is 0. The van der Waals surface area contributed by atoms with Gasteiger partial charge < -0.3 is 10.3 Å². The van der Waals surface area contributed by atoms with E-state index in [1.54, 1.807) is 24.3 Å². The maximum Gasteiger partial charge on any atom is 0.249 e. The predicted molar refractivity (Wildman–Crippen MR) is 129 cm³/mol. The summed E-state index contributed by atoms with van der Waals surface area (Å²) >= 11 is 12.4. The number of nitrogens with zero attached hydrogens (tertiary/aromatic N) is 1. The predicted octanol–water partition coefficient (Wildman–Crippen LogP) is 7.05. The van der Waals surface area contributed by atoms with Crippen LogP contribution in [0.3, 0.4) is 0 Å². The molecule has 5 aromatic rings. The third kappa shape index (κ3) is 3.42. The highest BCUT2D eigenvalue weighted by Gasteiger charge is 2.19. The average Bonchev–Trinajstić information content (AvgIpc) is 3.09. The molecule has 5 rings (SSSR count). The van der Waals surface area contributed by atoms with E-state index in [1.807, 2.05) is 53.1 Å². The van der Waals surface area contributed by atoms with Crippen molar-refractivity contribution in [3.05, 3.63) is 106 Å². The molecule has 0 radical (unpaired) electrons. The molecule has 0 unspecified atom stereocenters. The number of rotatable bonds is 4. The summed E-state index contributed by atoms with van der Waals surface area (Å²) in [6.07, 6.45) is 0. The minimum absolute atomic E-state index is 0.206. The molecule has 1 heterocycles. The Balaban J connectivity index is 1.82. The van der Waals surface area contributed by atoms with Crippen molar-refractivity contribution in [2.24, 2.45) is 5.73 Å². The van der Waals surface area contributed by atoms with Crippen molar-refractivity contribution >= 4 is 50.9 Å². The zero-order valence-corrected chi connectivity index (χ0v) is 18.3. The normalized spacial score (nSPS) is 11.3. The van der Waals surface area contributed by atoms with Crippen LogP contribution in [0.5, 0.6) is 0 Å². The van der Waals surface area contributed by atoms with E-state index in [0.29, 0.717) is 21.2 Å². The molecule has 1 amide bonds. The van der Waals surface area contributed by atoms with Crippen LogP contribution in [0.4, 0.5) is 4.39 Å². The third-order valence-electron chi connectivity index (χ3n) is 5.71. The number of hydrogen-bond acceptors (Lipinski definition) is 1. The van der Waals surface area contributed by atoms with Gasteiger partial charge in [0.25, 0.3) is 0 Å². The van der Waals surface area contributed by atoms with Gasteiger partial charge in [-0.2, -0.15) is 0 Å². The quantitative estimate of drug-likeness (QED) is 0.305. The van der Waals surface area contributed by atoms with Gasteiger partial charge in [-0.25, -0.2) is 4.39 Å². The molecule has 0 aliphatic heterocycles. The van der Waals surface area contributed by atoms with E-state index in [2.05, 4.69) is 0 Å². The summed E-state index contributed by atoms with van der Waals surface area (Å²) < 4.78 is 16.6. The lowest BCUT2D eigenvalue weighted by atomic mass is 10.0. The van der Waals surface area contributed by atoms with E-state index in [9.17, 15) is 9.18 Å². The molecule has 0 saturated heterocycles. The summed E-state index contributed by atoms with van der Waals surface area (Å²) in [4.78, 5) is 12.2. The number of amides is 1. The van der Waals surface area contributed by atoms with Gasteiger partial charge in [0.15, 0.2) is 0 Å². The lowest BCUT2D eigenvalue weighted by molar-refractivity contribution is 0.100. The van der Waals surface area contributed by atoms with E-state index in [-0.39, 0.29) is 12.4 Å². The largest absolute Gasteiger partial charge is 0.366 e. The Morgan fingerprint density at radius 1 is 0.875 bits per heavy atom. The van der Waals surface area contributed by atoms with Crippen LogP contribution in [-0.4, -0.2) is 10.5 Å². The molecule has 158 valence electrons. The van der Waals surface area contributed by atoms with Gasteiger partial charge in [0, 0.05) is 31.9 Å². The number of aromatic nitrogens is 1. The summed E-state index contributed by atoms with van der Waals surface area (Å²) in [5, 5.41) is 2.61. The molecular weight excluding hydrogens is 446 g/mol. The lowest BCUT2D eigenvalue weighted by Crippen LogP contribution is -2.11. The van der Waals surface area contributed by atoms with E-state index < -0.39 is 5.91 Å². The summed E-state index contributed by atoms with van der Waals surface area (Å²) in [5.74, 6) is -0.896. The highest BCUT2D eigenvalue weighted by molar-refractivity contribution is 6.31. The Morgan fingerprint density at radius 3 is 2.31 bits per heavy atom. The molecule has 1 aromatic heterocycles. The summed E-state index contributed by atoms with van der Waals surface area (Å²) in [6.45, 7) is 0.206. The Kier molecular flexibility index (Phi) is 5.12. The van der Waals surface area contributed by atoms with Crippen LogP contribution in [0.15, 0.2) is 78.9 Å². The first-order valence-electron chi connectivity index (χ1n) is 9.97. The fraction of sp³-hybridized carbons (Fsp3) is 0.0385. The fourth-order valence-electron chi connectivity index (χ4n) is 4.18. The minimum Gasteiger partial charge on any atom is -0.366 e. The highest BCUT2D eigenvalue weighted by Crippen LogP contribution is 2.36. The maximum absolute atomic E-state index is 14.6. The number of halogens is 3. The number of carbonyl (C=O) groups is 1. The van der Waals surface area contributed by atoms with Gasteiger partial charge in [0.1, 0.15) is 5.82 Å². The van der Waals surface area contributed by atoms with Crippen LogP contribution in [-0.2, 0) is 6.54 Å². The van der Waals surface area contributed by atoms with Crippen LogP contribution in [0, 0.1) is 5.82 Å². The monoisotopic (exact) mass is 462 g/mol. The number of hydrogen-bond donors (Lipinski definition) is 1. The molecule has 0 atom stereocenters. The topological polar surface area (TPSA) is 48.0 Å². The second-order valence-electron chi connectivity index (χ2n) is 7.59. The van der Waals surface area contributed by atoms with Crippen molar-refractivity contribution in [3.8, 4) is 11.1 Å². The summed E-state index contributed by atoms with van der Waals surface area (Å²) in [5.41, 5.74) is 10.1. The van der Waals surface area contributed by atoms with E-state index >= 15 is 0 Å². The number of primary amides is 1. The van der Waals surface area contributed by atoms with E-state index in [0.717, 1.165) is 32.9 Å².